The molecule has 0 amide bonds. The fourth-order valence-electron chi connectivity index (χ4n) is 1.53. The van der Waals surface area contributed by atoms with Crippen molar-refractivity contribution in [3.8, 4) is 0 Å². The normalized spacial score (nSPS) is 11.4. The summed E-state index contributed by atoms with van der Waals surface area (Å²) in [7, 11) is -3.96. The molecule has 0 aliphatic rings. The number of rotatable bonds is 5. The van der Waals surface area contributed by atoms with Gasteiger partial charge in [-0.25, -0.2) is 13.1 Å². The van der Waals surface area contributed by atoms with Crippen LogP contribution in [0.25, 0.3) is 0 Å². The van der Waals surface area contributed by atoms with Crippen molar-refractivity contribution < 1.29 is 17.8 Å². The standard InChI is InChI=1S/C11H11N3O5S/c12-10-4-3-8(14(15)16)6-11(10)20(17,18)13-7-9-2-1-5-19-9/h1-6,13H,7,12H2. The number of sulfonamides is 1. The molecule has 0 saturated carbocycles. The molecule has 2 aromatic rings. The molecule has 0 spiro atoms. The molecule has 0 bridgehead atoms. The van der Waals surface area contributed by atoms with E-state index in [2.05, 4.69) is 4.72 Å². The highest BCUT2D eigenvalue weighted by Gasteiger charge is 2.21. The first-order valence-corrected chi connectivity index (χ1v) is 6.94. The Bertz CT molecular complexity index is 725. The van der Waals surface area contributed by atoms with Crippen molar-refractivity contribution in [1.29, 1.82) is 0 Å². The van der Waals surface area contributed by atoms with Gasteiger partial charge in [-0.05, 0) is 18.2 Å². The molecule has 0 unspecified atom stereocenters. The summed E-state index contributed by atoms with van der Waals surface area (Å²) in [6.45, 7) is -0.0720. The van der Waals surface area contributed by atoms with Crippen LogP contribution < -0.4 is 10.5 Å². The molecule has 1 aromatic carbocycles. The molecule has 20 heavy (non-hydrogen) atoms. The van der Waals surface area contributed by atoms with Crippen molar-refractivity contribution in [3.63, 3.8) is 0 Å². The SMILES string of the molecule is Nc1ccc([N+](=O)[O-])cc1S(=O)(=O)NCc1ccco1. The van der Waals surface area contributed by atoms with Crippen molar-refractivity contribution in [1.82, 2.24) is 4.72 Å². The molecular formula is C11H11N3O5S. The molecule has 0 atom stereocenters. The van der Waals surface area contributed by atoms with Gasteiger partial charge < -0.3 is 10.2 Å². The predicted octanol–water partition coefficient (Wildman–Crippen LogP) is 1.25. The minimum absolute atomic E-state index is 0.0671. The molecule has 1 aromatic heterocycles. The van der Waals surface area contributed by atoms with Gasteiger partial charge in [-0.3, -0.25) is 10.1 Å². The number of nitrogens with one attached hydrogen (secondary N) is 1. The summed E-state index contributed by atoms with van der Waals surface area (Å²) in [5.41, 5.74) is 5.14. The van der Waals surface area contributed by atoms with E-state index in [0.717, 1.165) is 12.1 Å². The zero-order valence-corrected chi connectivity index (χ0v) is 11.0. The summed E-state index contributed by atoms with van der Waals surface area (Å²) in [6.07, 6.45) is 1.41. The van der Waals surface area contributed by atoms with Crippen LogP contribution in [0.3, 0.4) is 0 Å². The highest BCUT2D eigenvalue weighted by Crippen LogP contribution is 2.24. The molecule has 0 radical (unpaired) electrons. The third-order valence-corrected chi connectivity index (χ3v) is 3.97. The Morgan fingerprint density at radius 1 is 1.35 bits per heavy atom. The maximum absolute atomic E-state index is 12.1. The molecular weight excluding hydrogens is 286 g/mol. The average molecular weight is 297 g/mol. The highest BCUT2D eigenvalue weighted by atomic mass is 32.2. The van der Waals surface area contributed by atoms with Crippen molar-refractivity contribution in [2.45, 2.75) is 11.4 Å². The van der Waals surface area contributed by atoms with Crippen LogP contribution in [0, 0.1) is 10.1 Å². The Labute approximate surface area is 114 Å². The molecule has 106 valence electrons. The van der Waals surface area contributed by atoms with Gasteiger partial charge in [0.2, 0.25) is 10.0 Å². The van der Waals surface area contributed by atoms with E-state index in [1.807, 2.05) is 0 Å². The summed E-state index contributed by atoms with van der Waals surface area (Å²) in [5, 5.41) is 10.7. The second kappa shape index (κ2) is 5.31. The number of nitrogens with zero attached hydrogens (tertiary/aromatic N) is 1. The van der Waals surface area contributed by atoms with Crippen LogP contribution in [0.5, 0.6) is 0 Å². The van der Waals surface area contributed by atoms with Gasteiger partial charge in [-0.15, -0.1) is 0 Å². The summed E-state index contributed by atoms with van der Waals surface area (Å²) in [6, 6.07) is 6.45. The first kappa shape index (κ1) is 14.0. The van der Waals surface area contributed by atoms with Gasteiger partial charge in [0.25, 0.3) is 5.69 Å². The zero-order chi connectivity index (χ0) is 14.8. The third kappa shape index (κ3) is 2.95. The zero-order valence-electron chi connectivity index (χ0n) is 10.1. The number of hydrogen-bond acceptors (Lipinski definition) is 6. The number of nitrogens with two attached hydrogens (primary N) is 1. The molecule has 8 nitrogen and oxygen atoms in total. The van der Waals surface area contributed by atoms with Crippen molar-refractivity contribution in [3.05, 3.63) is 52.5 Å². The summed E-state index contributed by atoms with van der Waals surface area (Å²) < 4.78 is 31.4. The molecule has 0 saturated heterocycles. The van der Waals surface area contributed by atoms with Gasteiger partial charge in [0.15, 0.2) is 0 Å². The average Bonchev–Trinajstić information content (AvgIpc) is 2.89. The van der Waals surface area contributed by atoms with E-state index in [0.29, 0.717) is 5.76 Å². The molecule has 3 N–H and O–H groups in total. The fourth-order valence-corrected chi connectivity index (χ4v) is 2.67. The van der Waals surface area contributed by atoms with Crippen LogP contribution in [0.4, 0.5) is 11.4 Å². The monoisotopic (exact) mass is 297 g/mol. The van der Waals surface area contributed by atoms with E-state index in [1.165, 1.54) is 12.3 Å². The van der Waals surface area contributed by atoms with Crippen molar-refractivity contribution in [2.75, 3.05) is 5.73 Å². The van der Waals surface area contributed by atoms with Crippen LogP contribution >= 0.6 is 0 Å². The topological polar surface area (TPSA) is 128 Å². The number of anilines is 1. The molecule has 9 heteroatoms. The Kier molecular flexibility index (Phi) is 3.72. The molecule has 0 aliphatic heterocycles. The Balaban J connectivity index is 2.28. The van der Waals surface area contributed by atoms with E-state index < -0.39 is 14.9 Å². The fraction of sp³-hybridized carbons (Fsp3) is 0.0909. The van der Waals surface area contributed by atoms with Crippen LogP contribution in [-0.2, 0) is 16.6 Å². The minimum Gasteiger partial charge on any atom is -0.468 e. The van der Waals surface area contributed by atoms with E-state index in [9.17, 15) is 18.5 Å². The lowest BCUT2D eigenvalue weighted by molar-refractivity contribution is -0.385. The highest BCUT2D eigenvalue weighted by molar-refractivity contribution is 7.89. The number of hydrogen-bond donors (Lipinski definition) is 2. The Hall–Kier alpha value is -2.39. The maximum Gasteiger partial charge on any atom is 0.270 e. The number of nitro benzene ring substituents is 1. The molecule has 0 fully saturated rings. The van der Waals surface area contributed by atoms with Crippen LogP contribution in [-0.4, -0.2) is 13.3 Å². The largest absolute Gasteiger partial charge is 0.468 e. The van der Waals surface area contributed by atoms with Crippen molar-refractivity contribution in [2.24, 2.45) is 0 Å². The van der Waals surface area contributed by atoms with E-state index in [1.54, 1.807) is 12.1 Å². The first-order chi connectivity index (χ1) is 9.40. The van der Waals surface area contributed by atoms with Crippen molar-refractivity contribution >= 4 is 21.4 Å². The Morgan fingerprint density at radius 3 is 2.70 bits per heavy atom. The van der Waals surface area contributed by atoms with Gasteiger partial charge in [-0.1, -0.05) is 0 Å². The second-order valence-corrected chi connectivity index (χ2v) is 5.62. The lowest BCUT2D eigenvalue weighted by atomic mass is 10.3. The maximum atomic E-state index is 12.1. The minimum atomic E-state index is -3.96. The lowest BCUT2D eigenvalue weighted by Crippen LogP contribution is -2.24. The van der Waals surface area contributed by atoms with Crippen LogP contribution in [0.2, 0.25) is 0 Å². The summed E-state index contributed by atoms with van der Waals surface area (Å²) in [4.78, 5) is 9.65. The van der Waals surface area contributed by atoms with Gasteiger partial charge in [0.1, 0.15) is 10.7 Å². The second-order valence-electron chi connectivity index (χ2n) is 3.88. The first-order valence-electron chi connectivity index (χ1n) is 5.46. The quantitative estimate of drug-likeness (QED) is 0.485. The number of furan rings is 1. The van der Waals surface area contributed by atoms with Gasteiger partial charge in [0.05, 0.1) is 23.4 Å². The summed E-state index contributed by atoms with van der Waals surface area (Å²) in [5.74, 6) is 0.414. The lowest BCUT2D eigenvalue weighted by Gasteiger charge is -2.07. The van der Waals surface area contributed by atoms with Crippen LogP contribution in [0.1, 0.15) is 5.76 Å². The number of nitro groups is 1. The molecule has 0 aliphatic carbocycles. The van der Waals surface area contributed by atoms with E-state index in [-0.39, 0.29) is 22.8 Å². The molecule has 1 heterocycles. The summed E-state index contributed by atoms with van der Waals surface area (Å²) >= 11 is 0. The van der Waals surface area contributed by atoms with E-state index >= 15 is 0 Å². The molecule has 2 rings (SSSR count). The number of non-ortho nitro benzene ring substituents is 1. The van der Waals surface area contributed by atoms with Crippen LogP contribution in [0.15, 0.2) is 45.9 Å². The number of benzene rings is 1. The van der Waals surface area contributed by atoms with Gasteiger partial charge in [0, 0.05) is 12.1 Å². The predicted molar refractivity (Wildman–Crippen MR) is 70.2 cm³/mol. The van der Waals surface area contributed by atoms with Gasteiger partial charge >= 0.3 is 0 Å². The third-order valence-electron chi connectivity index (χ3n) is 2.51. The smallest absolute Gasteiger partial charge is 0.270 e. The number of nitrogen functional groups attached to an aromatic ring is 1. The van der Waals surface area contributed by atoms with Gasteiger partial charge in [-0.2, -0.15) is 0 Å². The van der Waals surface area contributed by atoms with E-state index in [4.69, 9.17) is 10.2 Å². The Morgan fingerprint density at radius 2 is 2.10 bits per heavy atom.